The molecule has 3 heteroatoms. The lowest BCUT2D eigenvalue weighted by Gasteiger charge is -2.17. The van der Waals surface area contributed by atoms with Gasteiger partial charge in [-0.2, -0.15) is 0 Å². The van der Waals surface area contributed by atoms with E-state index in [1.54, 1.807) is 11.8 Å². The molecule has 0 aliphatic heterocycles. The maximum absolute atomic E-state index is 12.9. The largest absolute Gasteiger partial charge is 0.325 e. The number of carbonyl (C=O) groups is 1. The second kappa shape index (κ2) is 8.54. The van der Waals surface area contributed by atoms with Gasteiger partial charge in [-0.25, -0.2) is 0 Å². The van der Waals surface area contributed by atoms with E-state index < -0.39 is 0 Å². The lowest BCUT2D eigenvalue weighted by atomic mass is 10.1. The first-order valence-corrected chi connectivity index (χ1v) is 9.30. The molecule has 1 atom stereocenters. The fraction of sp³-hybridized carbons (Fsp3) is 0.136. The predicted molar refractivity (Wildman–Crippen MR) is 106 cm³/mol. The summed E-state index contributed by atoms with van der Waals surface area (Å²) in [5.41, 5.74) is 3.09. The monoisotopic (exact) mass is 347 g/mol. The molecule has 25 heavy (non-hydrogen) atoms. The van der Waals surface area contributed by atoms with Crippen molar-refractivity contribution in [3.8, 4) is 0 Å². The molecule has 1 amide bonds. The summed E-state index contributed by atoms with van der Waals surface area (Å²) in [6, 6.07) is 28.0. The Morgan fingerprint density at radius 2 is 1.48 bits per heavy atom. The van der Waals surface area contributed by atoms with Crippen LogP contribution in [0, 0.1) is 0 Å². The maximum atomic E-state index is 12.9. The van der Waals surface area contributed by atoms with Gasteiger partial charge in [-0.15, -0.1) is 11.8 Å². The van der Waals surface area contributed by atoms with Gasteiger partial charge < -0.3 is 5.32 Å². The number of anilines is 1. The molecule has 0 radical (unpaired) electrons. The molecule has 0 fully saturated rings. The van der Waals surface area contributed by atoms with E-state index in [0.717, 1.165) is 22.6 Å². The average molecular weight is 347 g/mol. The van der Waals surface area contributed by atoms with Crippen LogP contribution in [0.4, 0.5) is 5.69 Å². The molecule has 3 rings (SSSR count). The Bertz CT molecular complexity index is 800. The molecule has 3 aromatic rings. The zero-order valence-corrected chi connectivity index (χ0v) is 15.0. The highest BCUT2D eigenvalue weighted by atomic mass is 32.2. The van der Waals surface area contributed by atoms with Crippen LogP contribution in [0.5, 0.6) is 0 Å². The van der Waals surface area contributed by atoms with Crippen molar-refractivity contribution in [2.75, 3.05) is 5.32 Å². The van der Waals surface area contributed by atoms with E-state index in [0.29, 0.717) is 0 Å². The maximum Gasteiger partial charge on any atom is 0.242 e. The van der Waals surface area contributed by atoms with E-state index in [2.05, 4.69) is 24.4 Å². The third kappa shape index (κ3) is 4.74. The molecule has 0 bridgehead atoms. The third-order valence-corrected chi connectivity index (χ3v) is 5.23. The fourth-order valence-corrected chi connectivity index (χ4v) is 3.61. The topological polar surface area (TPSA) is 29.1 Å². The SMILES string of the molecule is CCc1ccc(NC(=O)[C@H](Sc2ccccc2)c2ccccc2)cc1. The molecular weight excluding hydrogens is 326 g/mol. The highest BCUT2D eigenvalue weighted by molar-refractivity contribution is 8.00. The molecule has 0 aromatic heterocycles. The van der Waals surface area contributed by atoms with Gasteiger partial charge in [0.2, 0.25) is 5.91 Å². The minimum atomic E-state index is -0.297. The number of aryl methyl sites for hydroxylation is 1. The van der Waals surface area contributed by atoms with Crippen molar-refractivity contribution in [3.63, 3.8) is 0 Å². The normalized spacial score (nSPS) is 11.7. The van der Waals surface area contributed by atoms with E-state index in [1.165, 1.54) is 5.56 Å². The van der Waals surface area contributed by atoms with Gasteiger partial charge in [0, 0.05) is 10.6 Å². The molecule has 0 aliphatic rings. The Kier molecular flexibility index (Phi) is 5.91. The van der Waals surface area contributed by atoms with Crippen LogP contribution in [-0.4, -0.2) is 5.91 Å². The molecule has 0 spiro atoms. The van der Waals surface area contributed by atoms with Crippen molar-refractivity contribution in [1.82, 2.24) is 0 Å². The molecule has 0 saturated heterocycles. The van der Waals surface area contributed by atoms with E-state index in [4.69, 9.17) is 0 Å². The van der Waals surface area contributed by atoms with Crippen LogP contribution in [0.2, 0.25) is 0 Å². The second-order valence-electron chi connectivity index (χ2n) is 5.76. The Morgan fingerprint density at radius 3 is 2.08 bits per heavy atom. The summed E-state index contributed by atoms with van der Waals surface area (Å²) in [4.78, 5) is 14.0. The van der Waals surface area contributed by atoms with Crippen molar-refractivity contribution < 1.29 is 4.79 Å². The fourth-order valence-electron chi connectivity index (χ4n) is 2.57. The van der Waals surface area contributed by atoms with Crippen LogP contribution in [0.3, 0.4) is 0 Å². The van der Waals surface area contributed by atoms with Gasteiger partial charge in [-0.05, 0) is 41.8 Å². The van der Waals surface area contributed by atoms with Crippen molar-refractivity contribution in [2.24, 2.45) is 0 Å². The standard InChI is InChI=1S/C22H21NOS/c1-2-17-13-15-19(16-14-17)23-22(24)21(18-9-5-3-6-10-18)25-20-11-7-4-8-12-20/h3-16,21H,2H2,1H3,(H,23,24)/t21-/m1/s1. The van der Waals surface area contributed by atoms with E-state index in [9.17, 15) is 4.79 Å². The minimum Gasteiger partial charge on any atom is -0.325 e. The van der Waals surface area contributed by atoms with Crippen LogP contribution in [0.15, 0.2) is 89.8 Å². The summed E-state index contributed by atoms with van der Waals surface area (Å²) in [5, 5.41) is 2.76. The van der Waals surface area contributed by atoms with Crippen molar-refractivity contribution in [3.05, 3.63) is 96.1 Å². The second-order valence-corrected chi connectivity index (χ2v) is 6.94. The number of carbonyl (C=O) groups excluding carboxylic acids is 1. The molecule has 3 aromatic carbocycles. The van der Waals surface area contributed by atoms with Crippen molar-refractivity contribution in [1.29, 1.82) is 0 Å². The lowest BCUT2D eigenvalue weighted by Crippen LogP contribution is -2.19. The van der Waals surface area contributed by atoms with Crippen molar-refractivity contribution >= 4 is 23.4 Å². The number of thioether (sulfide) groups is 1. The lowest BCUT2D eigenvalue weighted by molar-refractivity contribution is -0.115. The predicted octanol–water partition coefficient (Wildman–Crippen LogP) is 5.72. The van der Waals surface area contributed by atoms with Gasteiger partial charge in [-0.1, -0.05) is 67.6 Å². The van der Waals surface area contributed by atoms with Crippen molar-refractivity contribution in [2.45, 2.75) is 23.5 Å². The quantitative estimate of drug-likeness (QED) is 0.578. The summed E-state index contributed by atoms with van der Waals surface area (Å²) in [6.07, 6.45) is 0.991. The first-order valence-electron chi connectivity index (χ1n) is 8.42. The first-order chi connectivity index (χ1) is 12.3. The van der Waals surface area contributed by atoms with Gasteiger partial charge >= 0.3 is 0 Å². The molecule has 0 unspecified atom stereocenters. The van der Waals surface area contributed by atoms with Gasteiger partial charge in [-0.3, -0.25) is 4.79 Å². The minimum absolute atomic E-state index is 0.00991. The van der Waals surface area contributed by atoms with Gasteiger partial charge in [0.15, 0.2) is 0 Å². The van der Waals surface area contributed by atoms with Crippen LogP contribution >= 0.6 is 11.8 Å². The van der Waals surface area contributed by atoms with E-state index >= 15 is 0 Å². The molecule has 0 heterocycles. The Hall–Kier alpha value is -2.52. The first kappa shape index (κ1) is 17.3. The molecule has 126 valence electrons. The summed E-state index contributed by atoms with van der Waals surface area (Å²) >= 11 is 1.56. The summed E-state index contributed by atoms with van der Waals surface area (Å²) < 4.78 is 0. The number of amides is 1. The van der Waals surface area contributed by atoms with Crippen LogP contribution in [0.25, 0.3) is 0 Å². The summed E-state index contributed by atoms with van der Waals surface area (Å²) in [7, 11) is 0. The highest BCUT2D eigenvalue weighted by Crippen LogP contribution is 2.36. The molecular formula is C22H21NOS. The summed E-state index contributed by atoms with van der Waals surface area (Å²) in [6.45, 7) is 2.12. The van der Waals surface area contributed by atoms with Crippen LogP contribution in [0.1, 0.15) is 23.3 Å². The summed E-state index contributed by atoms with van der Waals surface area (Å²) in [5.74, 6) is -0.00991. The molecule has 2 nitrogen and oxygen atoms in total. The van der Waals surface area contributed by atoms with Crippen LogP contribution < -0.4 is 5.32 Å². The van der Waals surface area contributed by atoms with Gasteiger partial charge in [0.25, 0.3) is 0 Å². The van der Waals surface area contributed by atoms with Gasteiger partial charge in [0.05, 0.1) is 0 Å². The number of nitrogens with one attached hydrogen (secondary N) is 1. The number of hydrogen-bond acceptors (Lipinski definition) is 2. The average Bonchev–Trinajstić information content (AvgIpc) is 2.68. The Balaban J connectivity index is 1.81. The number of rotatable bonds is 6. The highest BCUT2D eigenvalue weighted by Gasteiger charge is 2.22. The number of hydrogen-bond donors (Lipinski definition) is 1. The van der Waals surface area contributed by atoms with Crippen LogP contribution in [-0.2, 0) is 11.2 Å². The Morgan fingerprint density at radius 1 is 0.880 bits per heavy atom. The third-order valence-electron chi connectivity index (χ3n) is 3.97. The smallest absolute Gasteiger partial charge is 0.242 e. The zero-order chi connectivity index (χ0) is 17.5. The molecule has 1 N–H and O–H groups in total. The zero-order valence-electron chi connectivity index (χ0n) is 14.2. The Labute approximate surface area is 153 Å². The number of benzene rings is 3. The van der Waals surface area contributed by atoms with E-state index in [1.807, 2.05) is 72.8 Å². The van der Waals surface area contributed by atoms with Gasteiger partial charge in [0.1, 0.15) is 5.25 Å². The molecule has 0 aliphatic carbocycles. The van der Waals surface area contributed by atoms with E-state index in [-0.39, 0.29) is 11.2 Å². The molecule has 0 saturated carbocycles.